The van der Waals surface area contributed by atoms with Gasteiger partial charge in [0.1, 0.15) is 5.03 Å². The van der Waals surface area contributed by atoms with Crippen molar-refractivity contribution in [2.75, 3.05) is 5.73 Å². The number of hydrogen-bond donors (Lipinski definition) is 2. The van der Waals surface area contributed by atoms with Crippen LogP contribution in [0.25, 0.3) is 11.0 Å². The van der Waals surface area contributed by atoms with E-state index in [0.29, 0.717) is 5.69 Å². The van der Waals surface area contributed by atoms with Crippen LogP contribution in [-0.4, -0.2) is 15.0 Å². The van der Waals surface area contributed by atoms with E-state index in [1.54, 1.807) is 6.20 Å². The van der Waals surface area contributed by atoms with Crippen molar-refractivity contribution < 1.29 is 0 Å². The summed E-state index contributed by atoms with van der Waals surface area (Å²) in [5, 5.41) is 1.65. The monoisotopic (exact) mass is 320 g/mol. The first-order valence-electron chi connectivity index (χ1n) is 5.26. The maximum atomic E-state index is 5.66. The molecule has 0 radical (unpaired) electrons. The third-order valence-electron chi connectivity index (χ3n) is 2.39. The molecule has 0 spiro atoms. The molecule has 0 aliphatic heterocycles. The number of para-hydroxylation sites is 2. The number of aromatic nitrogens is 3. The number of nitrogens with one attached hydrogen (secondary N) is 1. The lowest BCUT2D eigenvalue weighted by Crippen LogP contribution is -1.89. The van der Waals surface area contributed by atoms with Gasteiger partial charge in [0.25, 0.3) is 0 Å². The van der Waals surface area contributed by atoms with Crippen molar-refractivity contribution in [1.29, 1.82) is 0 Å². The van der Waals surface area contributed by atoms with E-state index in [9.17, 15) is 0 Å². The van der Waals surface area contributed by atoms with Crippen molar-refractivity contribution in [1.82, 2.24) is 15.0 Å². The van der Waals surface area contributed by atoms with Crippen molar-refractivity contribution in [2.24, 2.45) is 0 Å². The van der Waals surface area contributed by atoms with Crippen LogP contribution in [0.5, 0.6) is 0 Å². The molecule has 2 aromatic heterocycles. The number of pyridine rings is 1. The van der Waals surface area contributed by atoms with Gasteiger partial charge in [0, 0.05) is 0 Å². The molecular weight excluding hydrogens is 312 g/mol. The van der Waals surface area contributed by atoms with Crippen LogP contribution in [0.15, 0.2) is 51.2 Å². The summed E-state index contributed by atoms with van der Waals surface area (Å²) in [6, 6.07) is 9.75. The Morgan fingerprint density at radius 1 is 1.28 bits per heavy atom. The highest BCUT2D eigenvalue weighted by atomic mass is 79.9. The lowest BCUT2D eigenvalue weighted by molar-refractivity contribution is 1.05. The van der Waals surface area contributed by atoms with Crippen LogP contribution in [0.3, 0.4) is 0 Å². The average molecular weight is 321 g/mol. The minimum atomic E-state index is 0.635. The molecule has 0 amide bonds. The molecule has 3 aromatic rings. The largest absolute Gasteiger partial charge is 0.397 e. The van der Waals surface area contributed by atoms with Gasteiger partial charge in [-0.05, 0) is 45.9 Å². The predicted octanol–water partition coefficient (Wildman–Crippen LogP) is 3.45. The molecule has 1 aromatic carbocycles. The van der Waals surface area contributed by atoms with E-state index < -0.39 is 0 Å². The van der Waals surface area contributed by atoms with E-state index >= 15 is 0 Å². The molecule has 0 atom stereocenters. The van der Waals surface area contributed by atoms with Crippen molar-refractivity contribution in [3.05, 3.63) is 41.0 Å². The molecule has 0 saturated heterocycles. The number of benzene rings is 1. The van der Waals surface area contributed by atoms with Gasteiger partial charge in [0.05, 0.1) is 27.4 Å². The summed E-state index contributed by atoms with van der Waals surface area (Å²) in [5.74, 6) is 0. The van der Waals surface area contributed by atoms with Gasteiger partial charge in [-0.1, -0.05) is 12.1 Å². The van der Waals surface area contributed by atoms with Crippen LogP contribution in [0, 0.1) is 0 Å². The fourth-order valence-electron chi connectivity index (χ4n) is 1.58. The number of nitrogen functional groups attached to an aromatic ring is 1. The molecule has 0 bridgehead atoms. The molecule has 2 heterocycles. The van der Waals surface area contributed by atoms with Crippen LogP contribution >= 0.6 is 27.7 Å². The Labute approximate surface area is 116 Å². The zero-order chi connectivity index (χ0) is 12.5. The van der Waals surface area contributed by atoms with Crippen LogP contribution in [-0.2, 0) is 0 Å². The molecule has 6 heteroatoms. The first-order valence-corrected chi connectivity index (χ1v) is 6.87. The number of hydrogen-bond acceptors (Lipinski definition) is 4. The smallest absolute Gasteiger partial charge is 0.172 e. The topological polar surface area (TPSA) is 67.6 Å². The maximum absolute atomic E-state index is 5.66. The second-order valence-electron chi connectivity index (χ2n) is 3.72. The number of imidazole rings is 1. The number of fused-ring (bicyclic) bond motifs is 1. The Morgan fingerprint density at radius 2 is 2.11 bits per heavy atom. The van der Waals surface area contributed by atoms with Gasteiger partial charge in [-0.25, -0.2) is 9.97 Å². The second kappa shape index (κ2) is 4.62. The summed E-state index contributed by atoms with van der Waals surface area (Å²) < 4.78 is 0.868. The quantitative estimate of drug-likeness (QED) is 0.758. The number of halogens is 1. The summed E-state index contributed by atoms with van der Waals surface area (Å²) in [6.07, 6.45) is 1.63. The number of nitrogens with two attached hydrogens (primary N) is 1. The Morgan fingerprint density at radius 3 is 2.89 bits per heavy atom. The van der Waals surface area contributed by atoms with Crippen LogP contribution < -0.4 is 5.73 Å². The van der Waals surface area contributed by atoms with E-state index in [0.717, 1.165) is 25.7 Å². The maximum Gasteiger partial charge on any atom is 0.172 e. The van der Waals surface area contributed by atoms with Gasteiger partial charge in [0.2, 0.25) is 0 Å². The average Bonchev–Trinajstić information content (AvgIpc) is 2.75. The van der Waals surface area contributed by atoms with Gasteiger partial charge in [-0.2, -0.15) is 0 Å². The molecule has 0 aliphatic rings. The van der Waals surface area contributed by atoms with Crippen LogP contribution in [0.4, 0.5) is 5.69 Å². The molecule has 3 rings (SSSR count). The fraction of sp³-hybridized carbons (Fsp3) is 0. The van der Waals surface area contributed by atoms with Gasteiger partial charge in [-0.15, -0.1) is 0 Å². The van der Waals surface area contributed by atoms with E-state index in [1.807, 2.05) is 30.3 Å². The number of H-pyrrole nitrogens is 1. The number of anilines is 1. The molecule has 18 heavy (non-hydrogen) atoms. The highest BCUT2D eigenvalue weighted by Gasteiger charge is 2.08. The number of nitrogens with zero attached hydrogens (tertiary/aromatic N) is 2. The Hall–Kier alpha value is -1.53. The minimum Gasteiger partial charge on any atom is -0.397 e. The van der Waals surface area contributed by atoms with Crippen molar-refractivity contribution in [3.63, 3.8) is 0 Å². The summed E-state index contributed by atoms with van der Waals surface area (Å²) in [6.45, 7) is 0. The summed E-state index contributed by atoms with van der Waals surface area (Å²) in [4.78, 5) is 12.0. The van der Waals surface area contributed by atoms with Crippen LogP contribution in [0.1, 0.15) is 0 Å². The van der Waals surface area contributed by atoms with Gasteiger partial charge in [0.15, 0.2) is 5.16 Å². The number of aromatic amines is 1. The number of rotatable bonds is 2. The molecule has 0 unspecified atom stereocenters. The zero-order valence-corrected chi connectivity index (χ0v) is 11.6. The molecular formula is C12H9BrN4S. The predicted molar refractivity (Wildman–Crippen MR) is 76.6 cm³/mol. The van der Waals surface area contributed by atoms with E-state index in [-0.39, 0.29) is 0 Å². The van der Waals surface area contributed by atoms with Crippen LogP contribution in [0.2, 0.25) is 0 Å². The van der Waals surface area contributed by atoms with E-state index in [1.165, 1.54) is 11.8 Å². The van der Waals surface area contributed by atoms with Crippen molar-refractivity contribution in [3.8, 4) is 0 Å². The molecule has 0 aliphatic carbocycles. The Bertz CT molecular complexity index is 677. The van der Waals surface area contributed by atoms with Crippen molar-refractivity contribution in [2.45, 2.75) is 10.2 Å². The molecule has 4 nitrogen and oxygen atoms in total. The first kappa shape index (κ1) is 11.6. The Kier molecular flexibility index (Phi) is 2.97. The summed E-state index contributed by atoms with van der Waals surface area (Å²) in [5.41, 5.74) is 8.26. The highest BCUT2D eigenvalue weighted by molar-refractivity contribution is 9.10. The zero-order valence-electron chi connectivity index (χ0n) is 9.22. The molecule has 3 N–H and O–H groups in total. The summed E-state index contributed by atoms with van der Waals surface area (Å²) >= 11 is 4.91. The SMILES string of the molecule is Nc1cnc(Sc2nc3ccccc3[nH]2)c(Br)c1. The highest BCUT2D eigenvalue weighted by Crippen LogP contribution is 2.31. The van der Waals surface area contributed by atoms with Crippen molar-refractivity contribution >= 4 is 44.4 Å². The lowest BCUT2D eigenvalue weighted by Gasteiger charge is -2.01. The molecule has 0 fully saturated rings. The molecule has 0 saturated carbocycles. The van der Waals surface area contributed by atoms with E-state index in [2.05, 4.69) is 30.9 Å². The van der Waals surface area contributed by atoms with Gasteiger partial charge >= 0.3 is 0 Å². The summed E-state index contributed by atoms with van der Waals surface area (Å²) in [7, 11) is 0. The van der Waals surface area contributed by atoms with Gasteiger partial charge in [-0.3, -0.25) is 0 Å². The lowest BCUT2D eigenvalue weighted by atomic mass is 10.3. The normalized spacial score (nSPS) is 10.9. The standard InChI is InChI=1S/C12H9BrN4S/c13-8-5-7(14)6-15-11(8)18-12-16-9-3-1-2-4-10(9)17-12/h1-6H,14H2,(H,16,17). The first-order chi connectivity index (χ1) is 8.72. The fourth-order valence-corrected chi connectivity index (χ4v) is 2.94. The third-order valence-corrected chi connectivity index (χ3v) is 4.16. The molecule has 90 valence electrons. The third kappa shape index (κ3) is 2.21. The Balaban J connectivity index is 1.96. The second-order valence-corrected chi connectivity index (χ2v) is 5.55. The van der Waals surface area contributed by atoms with E-state index in [4.69, 9.17) is 5.73 Å². The van der Waals surface area contributed by atoms with Gasteiger partial charge < -0.3 is 10.7 Å². The minimum absolute atomic E-state index is 0.635.